The second-order valence-electron chi connectivity index (χ2n) is 4.13. The van der Waals surface area contributed by atoms with Gasteiger partial charge in [0.1, 0.15) is 0 Å². The summed E-state index contributed by atoms with van der Waals surface area (Å²) in [7, 11) is 2.12. The molecule has 2 aliphatic heterocycles. The summed E-state index contributed by atoms with van der Waals surface area (Å²) in [4.78, 5) is 13.2. The number of nitrogens with one attached hydrogen (secondary N) is 2. The number of carbonyl (C=O) groups is 1. The number of carbonyl (C=O) groups excluding carboxylic acids is 1. The fraction of sp³-hybridized carbons (Fsp3) is 0.889. The standard InChI is InChI=1S/C9H17N3O/c1-12-5-8(6-12)10-4-7-2-3-9(13)11-7/h7-8,10H,2-6H2,1H3,(H,11,13). The molecule has 1 amide bonds. The van der Waals surface area contributed by atoms with Crippen LogP contribution in [0.3, 0.4) is 0 Å². The number of hydrogen-bond donors (Lipinski definition) is 2. The van der Waals surface area contributed by atoms with Crippen LogP contribution < -0.4 is 10.6 Å². The van der Waals surface area contributed by atoms with E-state index in [9.17, 15) is 4.79 Å². The molecule has 2 rings (SSSR count). The van der Waals surface area contributed by atoms with Crippen molar-refractivity contribution in [3.8, 4) is 0 Å². The molecule has 0 aromatic carbocycles. The van der Waals surface area contributed by atoms with Crippen molar-refractivity contribution >= 4 is 5.91 Å². The third-order valence-electron chi connectivity index (χ3n) is 2.80. The van der Waals surface area contributed by atoms with Crippen molar-refractivity contribution in [2.75, 3.05) is 26.7 Å². The molecule has 2 heterocycles. The van der Waals surface area contributed by atoms with E-state index >= 15 is 0 Å². The van der Waals surface area contributed by atoms with E-state index in [1.165, 1.54) is 0 Å². The molecule has 0 spiro atoms. The first-order valence-corrected chi connectivity index (χ1v) is 4.95. The highest BCUT2D eigenvalue weighted by atomic mass is 16.1. The van der Waals surface area contributed by atoms with Crippen LogP contribution in [0.15, 0.2) is 0 Å². The van der Waals surface area contributed by atoms with E-state index in [0.29, 0.717) is 18.5 Å². The predicted molar refractivity (Wildman–Crippen MR) is 50.5 cm³/mol. The number of likely N-dealkylation sites (N-methyl/N-ethyl adjacent to an activating group) is 1. The lowest BCUT2D eigenvalue weighted by Crippen LogP contribution is -2.57. The SMILES string of the molecule is CN1CC(NCC2CCC(=O)N2)C1. The summed E-state index contributed by atoms with van der Waals surface area (Å²) in [5.74, 6) is 0.206. The molecular weight excluding hydrogens is 166 g/mol. The third kappa shape index (κ3) is 2.19. The Bertz CT molecular complexity index is 201. The lowest BCUT2D eigenvalue weighted by molar-refractivity contribution is -0.119. The summed E-state index contributed by atoms with van der Waals surface area (Å²) in [6, 6.07) is 1.01. The first-order valence-electron chi connectivity index (χ1n) is 4.95. The van der Waals surface area contributed by atoms with Crippen molar-refractivity contribution in [2.45, 2.75) is 24.9 Å². The molecule has 0 saturated carbocycles. The molecule has 74 valence electrons. The summed E-state index contributed by atoms with van der Waals surface area (Å²) in [5.41, 5.74) is 0. The minimum Gasteiger partial charge on any atom is -0.352 e. The zero-order chi connectivity index (χ0) is 9.26. The highest BCUT2D eigenvalue weighted by molar-refractivity contribution is 5.78. The molecule has 4 nitrogen and oxygen atoms in total. The van der Waals surface area contributed by atoms with Gasteiger partial charge in [-0.2, -0.15) is 0 Å². The molecule has 0 aromatic heterocycles. The van der Waals surface area contributed by atoms with Crippen LogP contribution in [0.5, 0.6) is 0 Å². The van der Waals surface area contributed by atoms with Crippen molar-refractivity contribution in [1.82, 2.24) is 15.5 Å². The van der Waals surface area contributed by atoms with Gasteiger partial charge in [-0.25, -0.2) is 0 Å². The summed E-state index contributed by atoms with van der Waals surface area (Å²) < 4.78 is 0. The van der Waals surface area contributed by atoms with E-state index in [1.54, 1.807) is 0 Å². The van der Waals surface area contributed by atoms with Gasteiger partial charge < -0.3 is 15.5 Å². The van der Waals surface area contributed by atoms with E-state index in [1.807, 2.05) is 0 Å². The number of likely N-dealkylation sites (tertiary alicyclic amines) is 1. The van der Waals surface area contributed by atoms with Crippen LogP contribution in [0.1, 0.15) is 12.8 Å². The number of amides is 1. The Hall–Kier alpha value is -0.610. The first-order chi connectivity index (χ1) is 6.24. The van der Waals surface area contributed by atoms with E-state index in [-0.39, 0.29) is 5.91 Å². The smallest absolute Gasteiger partial charge is 0.220 e. The maximum atomic E-state index is 10.9. The van der Waals surface area contributed by atoms with Crippen LogP contribution in [-0.2, 0) is 4.79 Å². The van der Waals surface area contributed by atoms with Crippen LogP contribution in [0.4, 0.5) is 0 Å². The Morgan fingerprint density at radius 3 is 2.92 bits per heavy atom. The van der Waals surface area contributed by atoms with Crippen molar-refractivity contribution in [3.63, 3.8) is 0 Å². The molecule has 13 heavy (non-hydrogen) atoms. The number of rotatable bonds is 3. The lowest BCUT2D eigenvalue weighted by atomic mass is 10.1. The van der Waals surface area contributed by atoms with E-state index in [4.69, 9.17) is 0 Å². The Kier molecular flexibility index (Phi) is 2.51. The average molecular weight is 183 g/mol. The molecule has 1 atom stereocenters. The minimum atomic E-state index is 0.206. The fourth-order valence-corrected chi connectivity index (χ4v) is 1.97. The molecule has 2 N–H and O–H groups in total. The minimum absolute atomic E-state index is 0.206. The first kappa shape index (κ1) is 8.97. The highest BCUT2D eigenvalue weighted by Gasteiger charge is 2.25. The van der Waals surface area contributed by atoms with Crippen molar-refractivity contribution < 1.29 is 4.79 Å². The molecule has 2 fully saturated rings. The van der Waals surface area contributed by atoms with Crippen LogP contribution in [0.2, 0.25) is 0 Å². The van der Waals surface area contributed by atoms with Crippen LogP contribution in [-0.4, -0.2) is 49.6 Å². The van der Waals surface area contributed by atoms with Gasteiger partial charge in [0.15, 0.2) is 0 Å². The van der Waals surface area contributed by atoms with Crippen molar-refractivity contribution in [1.29, 1.82) is 0 Å². The van der Waals surface area contributed by atoms with Gasteiger partial charge >= 0.3 is 0 Å². The topological polar surface area (TPSA) is 44.4 Å². The highest BCUT2D eigenvalue weighted by Crippen LogP contribution is 2.07. The summed E-state index contributed by atoms with van der Waals surface area (Å²) in [5, 5.41) is 6.41. The van der Waals surface area contributed by atoms with E-state index in [2.05, 4.69) is 22.6 Å². The van der Waals surface area contributed by atoms with Crippen LogP contribution in [0.25, 0.3) is 0 Å². The molecule has 0 aromatic rings. The van der Waals surface area contributed by atoms with Crippen LogP contribution >= 0.6 is 0 Å². The fourth-order valence-electron chi connectivity index (χ4n) is 1.97. The maximum Gasteiger partial charge on any atom is 0.220 e. The Morgan fingerprint density at radius 1 is 1.62 bits per heavy atom. The van der Waals surface area contributed by atoms with E-state index in [0.717, 1.165) is 26.1 Å². The second kappa shape index (κ2) is 3.64. The summed E-state index contributed by atoms with van der Waals surface area (Å²) in [6.45, 7) is 3.21. The maximum absolute atomic E-state index is 10.9. The van der Waals surface area contributed by atoms with Gasteiger partial charge in [-0.1, -0.05) is 0 Å². The number of hydrogen-bond acceptors (Lipinski definition) is 3. The zero-order valence-electron chi connectivity index (χ0n) is 8.05. The van der Waals surface area contributed by atoms with Gasteiger partial charge in [-0.3, -0.25) is 4.79 Å². The summed E-state index contributed by atoms with van der Waals surface area (Å²) >= 11 is 0. The molecule has 0 radical (unpaired) electrons. The van der Waals surface area contributed by atoms with E-state index < -0.39 is 0 Å². The molecule has 2 aliphatic rings. The molecule has 4 heteroatoms. The lowest BCUT2D eigenvalue weighted by Gasteiger charge is -2.37. The third-order valence-corrected chi connectivity index (χ3v) is 2.80. The number of nitrogens with zero attached hydrogens (tertiary/aromatic N) is 1. The van der Waals surface area contributed by atoms with Crippen LogP contribution in [0, 0.1) is 0 Å². The monoisotopic (exact) mass is 183 g/mol. The van der Waals surface area contributed by atoms with Gasteiger partial charge in [0.25, 0.3) is 0 Å². The van der Waals surface area contributed by atoms with Crippen molar-refractivity contribution in [2.24, 2.45) is 0 Å². The van der Waals surface area contributed by atoms with Gasteiger partial charge in [-0.15, -0.1) is 0 Å². The Balaban J connectivity index is 1.60. The van der Waals surface area contributed by atoms with Gasteiger partial charge in [0.2, 0.25) is 5.91 Å². The normalized spacial score (nSPS) is 30.2. The second-order valence-corrected chi connectivity index (χ2v) is 4.13. The summed E-state index contributed by atoms with van der Waals surface area (Å²) in [6.07, 6.45) is 1.70. The average Bonchev–Trinajstić information content (AvgIpc) is 2.43. The van der Waals surface area contributed by atoms with Gasteiger partial charge in [0.05, 0.1) is 0 Å². The largest absolute Gasteiger partial charge is 0.352 e. The molecule has 2 saturated heterocycles. The van der Waals surface area contributed by atoms with Gasteiger partial charge in [0, 0.05) is 38.1 Å². The quantitative estimate of drug-likeness (QED) is 0.600. The van der Waals surface area contributed by atoms with Gasteiger partial charge in [-0.05, 0) is 13.5 Å². The molecule has 0 bridgehead atoms. The molecule has 0 aliphatic carbocycles. The molecule has 1 unspecified atom stereocenters. The Labute approximate surface area is 78.7 Å². The zero-order valence-corrected chi connectivity index (χ0v) is 8.05. The molecular formula is C9H17N3O. The van der Waals surface area contributed by atoms with Crippen molar-refractivity contribution in [3.05, 3.63) is 0 Å². The Morgan fingerprint density at radius 2 is 2.38 bits per heavy atom. The predicted octanol–water partition coefficient (Wildman–Crippen LogP) is -0.831.